The molecule has 5 nitrogen and oxygen atoms in total. The van der Waals surface area contributed by atoms with Crippen molar-refractivity contribution in [2.24, 2.45) is 0 Å². The van der Waals surface area contributed by atoms with Gasteiger partial charge in [-0.1, -0.05) is 11.6 Å². The van der Waals surface area contributed by atoms with E-state index < -0.39 is 4.92 Å². The molecule has 1 aromatic rings. The number of hydrogen-bond donors (Lipinski definition) is 0. The second-order valence-electron chi connectivity index (χ2n) is 4.19. The molecule has 0 saturated carbocycles. The van der Waals surface area contributed by atoms with Crippen LogP contribution in [0.1, 0.15) is 19.4 Å². The van der Waals surface area contributed by atoms with Gasteiger partial charge in [-0.15, -0.1) is 0 Å². The minimum absolute atomic E-state index is 0.00825. The van der Waals surface area contributed by atoms with Gasteiger partial charge in [-0.05, 0) is 26.0 Å². The molecule has 0 saturated heterocycles. The monoisotopic (exact) mass is 267 g/mol. The molecule has 1 rings (SSSR count). The van der Waals surface area contributed by atoms with Gasteiger partial charge in [0.15, 0.2) is 0 Å². The van der Waals surface area contributed by atoms with E-state index in [1.54, 1.807) is 12.1 Å². The fraction of sp³-hybridized carbons (Fsp3) is 0.417. The van der Waals surface area contributed by atoms with Crippen molar-refractivity contribution in [1.29, 1.82) is 5.26 Å². The predicted octanol–water partition coefficient (Wildman–Crippen LogP) is 2.98. The van der Waals surface area contributed by atoms with E-state index in [0.29, 0.717) is 17.1 Å². The van der Waals surface area contributed by atoms with Crippen LogP contribution in [0.25, 0.3) is 0 Å². The highest BCUT2D eigenvalue weighted by atomic mass is 35.5. The smallest absolute Gasteiger partial charge is 0.275 e. The molecule has 0 aliphatic rings. The number of rotatable bonds is 5. The van der Waals surface area contributed by atoms with Crippen molar-refractivity contribution in [3.63, 3.8) is 0 Å². The number of benzene rings is 1. The standard InChI is InChI=1S/C12H14ClN3O2/c1-9(2)15(6-5-14)8-10-3-4-11(13)7-12(10)16(17)18/h3-4,7,9H,6,8H2,1-2H3. The molecule has 0 radical (unpaired) electrons. The van der Waals surface area contributed by atoms with Gasteiger partial charge in [-0.3, -0.25) is 15.0 Å². The Balaban J connectivity index is 3.02. The molecular formula is C12H14ClN3O2. The second-order valence-corrected chi connectivity index (χ2v) is 4.62. The zero-order valence-corrected chi connectivity index (χ0v) is 11.0. The van der Waals surface area contributed by atoms with Crippen molar-refractivity contribution in [3.8, 4) is 6.07 Å². The maximum Gasteiger partial charge on any atom is 0.275 e. The lowest BCUT2D eigenvalue weighted by Gasteiger charge is -2.23. The van der Waals surface area contributed by atoms with Gasteiger partial charge in [0, 0.05) is 29.2 Å². The largest absolute Gasteiger partial charge is 0.284 e. The lowest BCUT2D eigenvalue weighted by atomic mass is 10.1. The van der Waals surface area contributed by atoms with Crippen LogP contribution >= 0.6 is 11.6 Å². The summed E-state index contributed by atoms with van der Waals surface area (Å²) in [6, 6.07) is 6.79. The fourth-order valence-corrected chi connectivity index (χ4v) is 1.74. The van der Waals surface area contributed by atoms with Gasteiger partial charge in [0.25, 0.3) is 5.69 Å². The first-order valence-electron chi connectivity index (χ1n) is 5.49. The van der Waals surface area contributed by atoms with Gasteiger partial charge in [0.2, 0.25) is 0 Å². The van der Waals surface area contributed by atoms with E-state index in [0.717, 1.165) is 0 Å². The van der Waals surface area contributed by atoms with Gasteiger partial charge in [0.05, 0.1) is 17.5 Å². The van der Waals surface area contributed by atoms with Crippen LogP contribution < -0.4 is 0 Å². The topological polar surface area (TPSA) is 70.2 Å². The van der Waals surface area contributed by atoms with Crippen LogP contribution in [0.5, 0.6) is 0 Å². The highest BCUT2D eigenvalue weighted by Gasteiger charge is 2.18. The quantitative estimate of drug-likeness (QED) is 0.467. The van der Waals surface area contributed by atoms with Crippen LogP contribution in [0.15, 0.2) is 18.2 Å². The summed E-state index contributed by atoms with van der Waals surface area (Å²) in [5.74, 6) is 0. The molecule has 0 bridgehead atoms. The van der Waals surface area contributed by atoms with Gasteiger partial charge >= 0.3 is 0 Å². The first kappa shape index (κ1) is 14.4. The maximum absolute atomic E-state index is 10.9. The summed E-state index contributed by atoms with van der Waals surface area (Å²) < 4.78 is 0. The third-order valence-electron chi connectivity index (χ3n) is 2.62. The second kappa shape index (κ2) is 6.34. The van der Waals surface area contributed by atoms with Gasteiger partial charge in [0.1, 0.15) is 0 Å². The zero-order chi connectivity index (χ0) is 13.7. The lowest BCUT2D eigenvalue weighted by molar-refractivity contribution is -0.385. The number of halogens is 1. The zero-order valence-electron chi connectivity index (χ0n) is 10.3. The summed E-state index contributed by atoms with van der Waals surface area (Å²) in [5, 5.41) is 20.0. The van der Waals surface area contributed by atoms with E-state index in [-0.39, 0.29) is 18.3 Å². The Morgan fingerprint density at radius 1 is 1.56 bits per heavy atom. The van der Waals surface area contributed by atoms with Crippen LogP contribution in [0.4, 0.5) is 5.69 Å². The molecule has 96 valence electrons. The molecule has 0 unspecified atom stereocenters. The number of hydrogen-bond acceptors (Lipinski definition) is 4. The van der Waals surface area contributed by atoms with Crippen LogP contribution in [0, 0.1) is 21.4 Å². The Morgan fingerprint density at radius 3 is 2.72 bits per heavy atom. The average molecular weight is 268 g/mol. The van der Waals surface area contributed by atoms with E-state index in [1.165, 1.54) is 6.07 Å². The van der Waals surface area contributed by atoms with Crippen molar-refractivity contribution in [3.05, 3.63) is 38.9 Å². The minimum atomic E-state index is -0.452. The van der Waals surface area contributed by atoms with Crippen LogP contribution in [-0.4, -0.2) is 22.4 Å². The predicted molar refractivity (Wildman–Crippen MR) is 69.3 cm³/mol. The summed E-state index contributed by atoms with van der Waals surface area (Å²) in [6.07, 6.45) is 0. The molecular weight excluding hydrogens is 254 g/mol. The molecule has 0 aliphatic heterocycles. The van der Waals surface area contributed by atoms with E-state index in [4.69, 9.17) is 16.9 Å². The minimum Gasteiger partial charge on any atom is -0.284 e. The Bertz CT molecular complexity index is 483. The van der Waals surface area contributed by atoms with Crippen molar-refractivity contribution >= 4 is 17.3 Å². The number of nitro groups is 1. The first-order chi connectivity index (χ1) is 8.45. The van der Waals surface area contributed by atoms with Gasteiger partial charge in [-0.2, -0.15) is 5.26 Å². The number of nitro benzene ring substituents is 1. The molecule has 0 heterocycles. The number of nitriles is 1. The van der Waals surface area contributed by atoms with Crippen molar-refractivity contribution in [2.75, 3.05) is 6.54 Å². The highest BCUT2D eigenvalue weighted by Crippen LogP contribution is 2.24. The van der Waals surface area contributed by atoms with E-state index >= 15 is 0 Å². The molecule has 6 heteroatoms. The fourth-order valence-electron chi connectivity index (χ4n) is 1.57. The molecule has 0 N–H and O–H groups in total. The summed E-state index contributed by atoms with van der Waals surface area (Å²) in [7, 11) is 0. The Morgan fingerprint density at radius 2 is 2.22 bits per heavy atom. The summed E-state index contributed by atoms with van der Waals surface area (Å²) in [5.41, 5.74) is 0.555. The molecule has 0 atom stereocenters. The summed E-state index contributed by atoms with van der Waals surface area (Å²) in [6.45, 7) is 4.48. The molecule has 0 amide bonds. The van der Waals surface area contributed by atoms with E-state index in [9.17, 15) is 10.1 Å². The van der Waals surface area contributed by atoms with Crippen LogP contribution in [0.2, 0.25) is 5.02 Å². The Kier molecular flexibility index (Phi) is 5.08. The number of nitrogens with zero attached hydrogens (tertiary/aromatic N) is 3. The van der Waals surface area contributed by atoms with Gasteiger partial charge < -0.3 is 0 Å². The van der Waals surface area contributed by atoms with E-state index in [2.05, 4.69) is 6.07 Å². The maximum atomic E-state index is 10.9. The van der Waals surface area contributed by atoms with Crippen molar-refractivity contribution < 1.29 is 4.92 Å². The average Bonchev–Trinajstić information content (AvgIpc) is 2.30. The Labute approximate surface area is 111 Å². The summed E-state index contributed by atoms with van der Waals surface area (Å²) in [4.78, 5) is 12.4. The molecule has 0 aliphatic carbocycles. The molecule has 1 aromatic carbocycles. The van der Waals surface area contributed by atoms with Crippen LogP contribution in [-0.2, 0) is 6.54 Å². The summed E-state index contributed by atoms with van der Waals surface area (Å²) >= 11 is 5.75. The molecule has 0 aromatic heterocycles. The Hall–Kier alpha value is -1.64. The van der Waals surface area contributed by atoms with Crippen molar-refractivity contribution in [1.82, 2.24) is 4.90 Å². The van der Waals surface area contributed by atoms with Gasteiger partial charge in [-0.25, -0.2) is 0 Å². The molecule has 0 spiro atoms. The molecule has 18 heavy (non-hydrogen) atoms. The third-order valence-corrected chi connectivity index (χ3v) is 2.86. The SMILES string of the molecule is CC(C)N(CC#N)Cc1ccc(Cl)cc1[N+](=O)[O-]. The molecule has 0 fully saturated rings. The normalized spacial score (nSPS) is 10.7. The lowest BCUT2D eigenvalue weighted by Crippen LogP contribution is -2.30. The van der Waals surface area contributed by atoms with Crippen molar-refractivity contribution in [2.45, 2.75) is 26.4 Å². The third kappa shape index (κ3) is 3.69. The highest BCUT2D eigenvalue weighted by molar-refractivity contribution is 6.30. The first-order valence-corrected chi connectivity index (χ1v) is 5.87. The van der Waals surface area contributed by atoms with E-state index in [1.807, 2.05) is 18.7 Å². The van der Waals surface area contributed by atoms with Crippen LogP contribution in [0.3, 0.4) is 0 Å².